The van der Waals surface area contributed by atoms with Crippen molar-refractivity contribution >= 4 is 19.4 Å². The summed E-state index contributed by atoms with van der Waals surface area (Å²) >= 11 is 0. The summed E-state index contributed by atoms with van der Waals surface area (Å²) in [4.78, 5) is 34.8. The molecule has 1 saturated heterocycles. The molecule has 1 heterocycles. The first kappa shape index (κ1) is 20.6. The highest BCUT2D eigenvalue weighted by atomic mass is 31.2. The number of rotatable bonds is 9. The summed E-state index contributed by atoms with van der Waals surface area (Å²) in [5.41, 5.74) is 1.19. The number of aliphatic carboxylic acids is 1. The maximum absolute atomic E-state index is 12.4. The van der Waals surface area contributed by atoms with Gasteiger partial charge in [0.15, 0.2) is 0 Å². The lowest BCUT2D eigenvalue weighted by atomic mass is 10.1. The van der Waals surface area contributed by atoms with Crippen molar-refractivity contribution in [3.63, 3.8) is 0 Å². The van der Waals surface area contributed by atoms with Crippen LogP contribution in [0.2, 0.25) is 0 Å². The van der Waals surface area contributed by atoms with Crippen LogP contribution in [0, 0.1) is 0 Å². The molecule has 0 saturated carbocycles. The SMILES string of the molecule is O=C(O)CN1CCCC[C@H](NP(=O)(O)CCCCc2ccccc2)C1=O. The van der Waals surface area contributed by atoms with Crippen LogP contribution in [0.5, 0.6) is 0 Å². The molecule has 2 atom stereocenters. The van der Waals surface area contributed by atoms with Crippen LogP contribution in [0.15, 0.2) is 30.3 Å². The molecule has 0 radical (unpaired) electrons. The lowest BCUT2D eigenvalue weighted by Gasteiger charge is -2.25. The van der Waals surface area contributed by atoms with Gasteiger partial charge in [-0.2, -0.15) is 0 Å². The summed E-state index contributed by atoms with van der Waals surface area (Å²) < 4.78 is 12.4. The number of likely N-dealkylation sites (tertiary alicyclic amines) is 1. The van der Waals surface area contributed by atoms with Crippen LogP contribution >= 0.6 is 7.52 Å². The van der Waals surface area contributed by atoms with Crippen LogP contribution in [-0.4, -0.2) is 52.1 Å². The van der Waals surface area contributed by atoms with E-state index < -0.39 is 25.4 Å². The Morgan fingerprint density at radius 3 is 2.65 bits per heavy atom. The molecule has 8 heteroatoms. The molecule has 1 amide bonds. The zero-order valence-electron chi connectivity index (χ0n) is 14.8. The number of nitrogens with zero attached hydrogens (tertiary/aromatic N) is 1. The van der Waals surface area contributed by atoms with E-state index >= 15 is 0 Å². The van der Waals surface area contributed by atoms with E-state index in [-0.39, 0.29) is 12.7 Å². The summed E-state index contributed by atoms with van der Waals surface area (Å²) in [5, 5.41) is 11.5. The van der Waals surface area contributed by atoms with Gasteiger partial charge in [0, 0.05) is 12.7 Å². The number of amides is 1. The Labute approximate surface area is 153 Å². The van der Waals surface area contributed by atoms with Gasteiger partial charge in [-0.1, -0.05) is 30.3 Å². The van der Waals surface area contributed by atoms with Gasteiger partial charge in [-0.05, 0) is 44.1 Å². The maximum atomic E-state index is 12.4. The average Bonchev–Trinajstić information content (AvgIpc) is 2.75. The zero-order valence-corrected chi connectivity index (χ0v) is 15.7. The number of unbranched alkanes of at least 4 members (excludes halogenated alkanes) is 1. The van der Waals surface area contributed by atoms with Crippen LogP contribution in [0.25, 0.3) is 0 Å². The fraction of sp³-hybridized carbons (Fsp3) is 0.556. The molecule has 0 bridgehead atoms. The first-order valence-electron chi connectivity index (χ1n) is 9.01. The molecule has 26 heavy (non-hydrogen) atoms. The van der Waals surface area contributed by atoms with E-state index in [1.165, 1.54) is 10.5 Å². The van der Waals surface area contributed by atoms with E-state index in [1.807, 2.05) is 30.3 Å². The number of benzene rings is 1. The van der Waals surface area contributed by atoms with Gasteiger partial charge in [-0.3, -0.25) is 14.2 Å². The Bertz CT molecular complexity index is 652. The molecule has 1 aromatic carbocycles. The van der Waals surface area contributed by atoms with Gasteiger partial charge in [0.05, 0.1) is 6.04 Å². The predicted octanol–water partition coefficient (Wildman–Crippen LogP) is 2.25. The topological polar surface area (TPSA) is 107 Å². The van der Waals surface area contributed by atoms with E-state index in [4.69, 9.17) is 5.11 Å². The third kappa shape index (κ3) is 6.90. The summed E-state index contributed by atoms with van der Waals surface area (Å²) in [6, 6.07) is 9.15. The number of carbonyl (C=O) groups excluding carboxylic acids is 1. The lowest BCUT2D eigenvalue weighted by Crippen LogP contribution is -2.46. The minimum Gasteiger partial charge on any atom is -0.480 e. The monoisotopic (exact) mass is 382 g/mol. The molecule has 2 rings (SSSR count). The molecule has 0 spiro atoms. The van der Waals surface area contributed by atoms with E-state index in [0.717, 1.165) is 12.8 Å². The van der Waals surface area contributed by atoms with Gasteiger partial charge in [0.1, 0.15) is 6.54 Å². The predicted molar refractivity (Wildman–Crippen MR) is 99.1 cm³/mol. The molecular weight excluding hydrogens is 355 g/mol. The second-order valence-corrected chi connectivity index (χ2v) is 8.81. The number of carboxylic acids is 1. The summed E-state index contributed by atoms with van der Waals surface area (Å²) in [7, 11) is -3.64. The van der Waals surface area contributed by atoms with Crippen LogP contribution in [0.1, 0.15) is 37.7 Å². The number of nitrogens with one attached hydrogen (secondary N) is 1. The second kappa shape index (κ2) is 9.86. The molecule has 3 N–H and O–H groups in total. The van der Waals surface area contributed by atoms with E-state index in [9.17, 15) is 19.0 Å². The number of carbonyl (C=O) groups is 2. The van der Waals surface area contributed by atoms with Gasteiger partial charge in [0.2, 0.25) is 5.91 Å². The Hall–Kier alpha value is -1.69. The number of carboxylic acid groups (broad SMARTS) is 1. The molecule has 1 aliphatic heterocycles. The van der Waals surface area contributed by atoms with Crippen molar-refractivity contribution in [2.24, 2.45) is 0 Å². The quantitative estimate of drug-likeness (QED) is 0.447. The summed E-state index contributed by atoms with van der Waals surface area (Å²) in [6.07, 6.45) is 4.18. The highest BCUT2D eigenvalue weighted by Gasteiger charge is 2.32. The van der Waals surface area contributed by atoms with Crippen molar-refractivity contribution < 1.29 is 24.2 Å². The van der Waals surface area contributed by atoms with Crippen molar-refractivity contribution in [2.45, 2.75) is 44.6 Å². The van der Waals surface area contributed by atoms with E-state index in [1.54, 1.807) is 0 Å². The fourth-order valence-corrected chi connectivity index (χ4v) is 4.66. The van der Waals surface area contributed by atoms with Crippen LogP contribution in [0.3, 0.4) is 0 Å². The molecule has 1 fully saturated rings. The minimum absolute atomic E-state index is 0.0997. The van der Waals surface area contributed by atoms with Gasteiger partial charge in [-0.15, -0.1) is 0 Å². The average molecular weight is 382 g/mol. The fourth-order valence-electron chi connectivity index (χ4n) is 3.15. The zero-order chi connectivity index (χ0) is 19.0. The minimum atomic E-state index is -3.64. The Kier molecular flexibility index (Phi) is 7.82. The standard InChI is InChI=1S/C18H27N2O5P/c21-17(22)14-20-12-6-4-11-16(18(20)23)19-26(24,25)13-7-5-10-15-8-2-1-3-9-15/h1-3,8-9,16H,4-7,10-14H2,(H,21,22)(H2,19,24,25)/t16-/m0/s1. The number of hydrogen-bond donors (Lipinski definition) is 3. The normalized spacial score (nSPS) is 20.4. The summed E-state index contributed by atoms with van der Waals surface area (Å²) in [5.74, 6) is -1.48. The molecule has 1 aliphatic rings. The first-order valence-corrected chi connectivity index (χ1v) is 10.9. The first-order chi connectivity index (χ1) is 12.4. The molecule has 1 unspecified atom stereocenters. The molecule has 0 aromatic heterocycles. The Balaban J connectivity index is 1.83. The Morgan fingerprint density at radius 2 is 1.96 bits per heavy atom. The third-order valence-corrected chi connectivity index (χ3v) is 6.12. The van der Waals surface area contributed by atoms with Crippen molar-refractivity contribution in [3.05, 3.63) is 35.9 Å². The van der Waals surface area contributed by atoms with Crippen molar-refractivity contribution in [3.8, 4) is 0 Å². The van der Waals surface area contributed by atoms with Gasteiger partial charge >= 0.3 is 5.97 Å². The van der Waals surface area contributed by atoms with Gasteiger partial charge < -0.3 is 14.9 Å². The molecule has 7 nitrogen and oxygen atoms in total. The van der Waals surface area contributed by atoms with Crippen LogP contribution < -0.4 is 5.09 Å². The van der Waals surface area contributed by atoms with Gasteiger partial charge in [0.25, 0.3) is 7.52 Å². The number of hydrogen-bond acceptors (Lipinski definition) is 3. The maximum Gasteiger partial charge on any atom is 0.323 e. The van der Waals surface area contributed by atoms with Crippen molar-refractivity contribution in [1.29, 1.82) is 0 Å². The van der Waals surface area contributed by atoms with E-state index in [2.05, 4.69) is 5.09 Å². The summed E-state index contributed by atoms with van der Waals surface area (Å²) in [6.45, 7) is -0.0000612. The third-order valence-electron chi connectivity index (χ3n) is 4.48. The van der Waals surface area contributed by atoms with Crippen molar-refractivity contribution in [2.75, 3.05) is 19.3 Å². The van der Waals surface area contributed by atoms with E-state index in [0.29, 0.717) is 32.2 Å². The largest absolute Gasteiger partial charge is 0.480 e. The van der Waals surface area contributed by atoms with Gasteiger partial charge in [-0.25, -0.2) is 5.09 Å². The molecule has 144 valence electrons. The molecular formula is C18H27N2O5P. The second-order valence-electron chi connectivity index (χ2n) is 6.70. The molecule has 1 aromatic rings. The smallest absolute Gasteiger partial charge is 0.323 e. The lowest BCUT2D eigenvalue weighted by molar-refractivity contribution is -0.144. The van der Waals surface area contributed by atoms with Crippen molar-refractivity contribution in [1.82, 2.24) is 9.99 Å². The van der Waals surface area contributed by atoms with Crippen LogP contribution in [-0.2, 0) is 20.6 Å². The molecule has 0 aliphatic carbocycles. The highest BCUT2D eigenvalue weighted by Crippen LogP contribution is 2.38. The highest BCUT2D eigenvalue weighted by molar-refractivity contribution is 7.55. The Morgan fingerprint density at radius 1 is 1.23 bits per heavy atom. The number of aryl methyl sites for hydroxylation is 1. The van der Waals surface area contributed by atoms with Crippen LogP contribution in [0.4, 0.5) is 0 Å².